The molecule has 1 aromatic carbocycles. The number of halogens is 1. The molecule has 1 heterocycles. The number of carbonyl (C=O) groups excluding carboxylic acids is 1. The second kappa shape index (κ2) is 9.90. The minimum atomic E-state index is -3.19. The molecule has 2 N–H and O–H groups in total. The van der Waals surface area contributed by atoms with E-state index < -0.39 is 9.84 Å². The third-order valence-corrected chi connectivity index (χ3v) is 5.51. The number of carbonyl (C=O) groups is 1. The maximum Gasteiger partial charge on any atom is 0.220 e. The van der Waals surface area contributed by atoms with Gasteiger partial charge >= 0.3 is 0 Å². The van der Waals surface area contributed by atoms with Gasteiger partial charge in [0.25, 0.3) is 0 Å². The maximum atomic E-state index is 12.0. The van der Waals surface area contributed by atoms with Crippen LogP contribution in [0.15, 0.2) is 30.3 Å². The molecule has 0 aromatic heterocycles. The highest BCUT2D eigenvalue weighted by Gasteiger charge is 2.16. The molecule has 1 fully saturated rings. The van der Waals surface area contributed by atoms with E-state index in [1.54, 1.807) is 12.1 Å². The Morgan fingerprint density at radius 1 is 1.26 bits per heavy atom. The van der Waals surface area contributed by atoms with Gasteiger partial charge in [-0.25, -0.2) is 8.42 Å². The van der Waals surface area contributed by atoms with Crippen LogP contribution in [-0.4, -0.2) is 39.7 Å². The van der Waals surface area contributed by atoms with Gasteiger partial charge in [-0.3, -0.25) is 4.79 Å². The molecule has 1 unspecified atom stereocenters. The smallest absolute Gasteiger partial charge is 0.220 e. The van der Waals surface area contributed by atoms with Crippen LogP contribution >= 0.6 is 12.4 Å². The van der Waals surface area contributed by atoms with Crippen LogP contribution in [0.5, 0.6) is 0 Å². The van der Waals surface area contributed by atoms with Gasteiger partial charge in [0.05, 0.1) is 11.5 Å². The summed E-state index contributed by atoms with van der Waals surface area (Å²) >= 11 is 0. The molecule has 1 amide bonds. The van der Waals surface area contributed by atoms with Crippen molar-refractivity contribution in [3.63, 3.8) is 0 Å². The molecule has 0 spiro atoms. The van der Waals surface area contributed by atoms with Crippen LogP contribution < -0.4 is 10.6 Å². The summed E-state index contributed by atoms with van der Waals surface area (Å²) in [5.41, 5.74) is 0.780. The monoisotopic (exact) mass is 360 g/mol. The lowest BCUT2D eigenvalue weighted by molar-refractivity contribution is -0.121. The van der Waals surface area contributed by atoms with Gasteiger partial charge < -0.3 is 10.6 Å². The largest absolute Gasteiger partial charge is 0.355 e. The van der Waals surface area contributed by atoms with Gasteiger partial charge in [-0.1, -0.05) is 30.3 Å². The van der Waals surface area contributed by atoms with Gasteiger partial charge in [-0.2, -0.15) is 0 Å². The Kier molecular flexibility index (Phi) is 8.58. The molecule has 130 valence electrons. The lowest BCUT2D eigenvalue weighted by Gasteiger charge is -2.09. The minimum absolute atomic E-state index is 0. The number of rotatable bonds is 8. The van der Waals surface area contributed by atoms with Gasteiger partial charge in [0, 0.05) is 13.0 Å². The van der Waals surface area contributed by atoms with E-state index in [9.17, 15) is 13.2 Å². The lowest BCUT2D eigenvalue weighted by Crippen LogP contribution is -2.29. The number of hydrogen-bond acceptors (Lipinski definition) is 4. The van der Waals surface area contributed by atoms with Crippen molar-refractivity contribution in [1.29, 1.82) is 0 Å². The number of nitrogens with one attached hydrogen (secondary N) is 2. The number of amides is 1. The Morgan fingerprint density at radius 3 is 2.65 bits per heavy atom. The summed E-state index contributed by atoms with van der Waals surface area (Å²) in [7, 11) is -3.19. The Balaban J connectivity index is 0.00000264. The molecule has 1 aromatic rings. The van der Waals surface area contributed by atoms with E-state index in [2.05, 4.69) is 10.6 Å². The van der Waals surface area contributed by atoms with E-state index >= 15 is 0 Å². The van der Waals surface area contributed by atoms with E-state index in [0.29, 0.717) is 12.3 Å². The van der Waals surface area contributed by atoms with Gasteiger partial charge in [-0.05, 0) is 37.4 Å². The highest BCUT2D eigenvalue weighted by Crippen LogP contribution is 2.13. The van der Waals surface area contributed by atoms with Crippen molar-refractivity contribution >= 4 is 28.2 Å². The van der Waals surface area contributed by atoms with Crippen molar-refractivity contribution in [3.05, 3.63) is 35.9 Å². The first-order chi connectivity index (χ1) is 10.6. The fourth-order valence-electron chi connectivity index (χ4n) is 2.63. The molecule has 23 heavy (non-hydrogen) atoms. The molecular formula is C16H25ClN2O3S. The Hall–Kier alpha value is -1.11. The Morgan fingerprint density at radius 2 is 2.00 bits per heavy atom. The van der Waals surface area contributed by atoms with Crippen molar-refractivity contribution in [2.45, 2.75) is 25.0 Å². The predicted molar refractivity (Wildman–Crippen MR) is 94.4 cm³/mol. The average Bonchev–Trinajstić information content (AvgIpc) is 2.99. The first-order valence-corrected chi connectivity index (χ1v) is 9.59. The number of benzene rings is 1. The van der Waals surface area contributed by atoms with Crippen LogP contribution in [0.4, 0.5) is 0 Å². The molecular weight excluding hydrogens is 336 g/mol. The zero-order chi connectivity index (χ0) is 15.8. The third kappa shape index (κ3) is 7.81. The van der Waals surface area contributed by atoms with Crippen LogP contribution in [0, 0.1) is 5.92 Å². The third-order valence-electron chi connectivity index (χ3n) is 3.91. The van der Waals surface area contributed by atoms with E-state index in [1.807, 2.05) is 18.2 Å². The van der Waals surface area contributed by atoms with E-state index in [1.165, 1.54) is 0 Å². The lowest BCUT2D eigenvalue weighted by atomic mass is 10.0. The molecule has 0 radical (unpaired) electrons. The number of hydrogen-bond donors (Lipinski definition) is 2. The second-order valence-electron chi connectivity index (χ2n) is 5.83. The van der Waals surface area contributed by atoms with E-state index in [0.717, 1.165) is 31.5 Å². The standard InChI is InChI=1S/C16H24N2O3S.ClH/c19-16(7-6-14-8-9-17-12-14)18-10-11-22(20,21)13-15-4-2-1-3-5-15;/h1-5,14,17H,6-13H2,(H,18,19);1H. The van der Waals surface area contributed by atoms with Crippen molar-refractivity contribution in [1.82, 2.24) is 10.6 Å². The normalized spacial score (nSPS) is 17.5. The highest BCUT2D eigenvalue weighted by atomic mass is 35.5. The maximum absolute atomic E-state index is 12.0. The SMILES string of the molecule is Cl.O=C(CCC1CCNC1)NCCS(=O)(=O)Cc1ccccc1. The Bertz CT molecular complexity index is 572. The van der Waals surface area contributed by atoms with Crippen molar-refractivity contribution in [2.24, 2.45) is 5.92 Å². The van der Waals surface area contributed by atoms with Crippen LogP contribution in [0.2, 0.25) is 0 Å². The highest BCUT2D eigenvalue weighted by molar-refractivity contribution is 7.90. The van der Waals surface area contributed by atoms with Crippen LogP contribution in [0.1, 0.15) is 24.8 Å². The van der Waals surface area contributed by atoms with Crippen LogP contribution in [-0.2, 0) is 20.4 Å². The first-order valence-electron chi connectivity index (χ1n) is 7.77. The molecule has 0 aliphatic carbocycles. The van der Waals surface area contributed by atoms with Gasteiger partial charge in [0.1, 0.15) is 0 Å². The summed E-state index contributed by atoms with van der Waals surface area (Å²) < 4.78 is 24.0. The second-order valence-corrected chi connectivity index (χ2v) is 8.01. The molecule has 0 bridgehead atoms. The molecule has 0 saturated carbocycles. The van der Waals surface area contributed by atoms with Gasteiger partial charge in [0.15, 0.2) is 9.84 Å². The van der Waals surface area contributed by atoms with Crippen molar-refractivity contribution in [3.8, 4) is 0 Å². The molecule has 2 rings (SSSR count). The summed E-state index contributed by atoms with van der Waals surface area (Å²) in [5, 5.41) is 5.98. The predicted octanol–water partition coefficient (Wildman–Crippen LogP) is 1.53. The summed E-state index contributed by atoms with van der Waals surface area (Å²) in [4.78, 5) is 11.7. The van der Waals surface area contributed by atoms with Gasteiger partial charge in [0.2, 0.25) is 5.91 Å². The van der Waals surface area contributed by atoms with Crippen LogP contribution in [0.25, 0.3) is 0 Å². The molecule has 1 aliphatic heterocycles. The Labute approximate surface area is 144 Å². The molecule has 5 nitrogen and oxygen atoms in total. The quantitative estimate of drug-likeness (QED) is 0.737. The fourth-order valence-corrected chi connectivity index (χ4v) is 3.89. The van der Waals surface area contributed by atoms with Crippen molar-refractivity contribution in [2.75, 3.05) is 25.4 Å². The minimum Gasteiger partial charge on any atom is -0.355 e. The van der Waals surface area contributed by atoms with E-state index in [-0.39, 0.29) is 36.4 Å². The summed E-state index contributed by atoms with van der Waals surface area (Å²) in [6, 6.07) is 9.10. The molecule has 1 saturated heterocycles. The van der Waals surface area contributed by atoms with Gasteiger partial charge in [-0.15, -0.1) is 12.4 Å². The molecule has 7 heteroatoms. The average molecular weight is 361 g/mol. The summed E-state index contributed by atoms with van der Waals surface area (Å²) in [6.45, 7) is 2.21. The first kappa shape index (κ1) is 19.9. The van der Waals surface area contributed by atoms with Crippen molar-refractivity contribution < 1.29 is 13.2 Å². The van der Waals surface area contributed by atoms with Crippen LogP contribution in [0.3, 0.4) is 0 Å². The molecule has 1 aliphatic rings. The summed E-state index contributed by atoms with van der Waals surface area (Å²) in [6.07, 6.45) is 2.47. The zero-order valence-corrected chi connectivity index (χ0v) is 14.8. The zero-order valence-electron chi connectivity index (χ0n) is 13.2. The topological polar surface area (TPSA) is 75.3 Å². The fraction of sp³-hybridized carbons (Fsp3) is 0.562. The van der Waals surface area contributed by atoms with E-state index in [4.69, 9.17) is 0 Å². The molecule has 1 atom stereocenters. The number of sulfone groups is 1. The summed E-state index contributed by atoms with van der Waals surface area (Å²) in [5.74, 6) is 0.533.